The number of nitrogens with zero attached hydrogens (tertiary/aromatic N) is 1. The molecule has 0 aliphatic carbocycles. The number of nitrogens with one attached hydrogen (secondary N) is 2. The highest BCUT2D eigenvalue weighted by atomic mass is 127. The summed E-state index contributed by atoms with van der Waals surface area (Å²) in [4.78, 5) is 4.15. The largest absolute Gasteiger partial charge is 0.493 e. The summed E-state index contributed by atoms with van der Waals surface area (Å²) in [5, 5.41) is 6.40. The molecule has 118 valence electrons. The van der Waals surface area contributed by atoms with E-state index in [1.807, 2.05) is 18.2 Å². The Hall–Kier alpha value is -1.24. The van der Waals surface area contributed by atoms with Crippen LogP contribution in [0.1, 0.15) is 19.4 Å². The Kier molecular flexibility index (Phi) is 10.7. The number of benzene rings is 1. The molecule has 2 N–H and O–H groups in total. The van der Waals surface area contributed by atoms with Gasteiger partial charge in [0.2, 0.25) is 0 Å². The molecule has 0 unspecified atom stereocenters. The Morgan fingerprint density at radius 2 is 2.05 bits per heavy atom. The molecule has 21 heavy (non-hydrogen) atoms. The van der Waals surface area contributed by atoms with E-state index < -0.39 is 0 Å². The molecule has 1 aromatic carbocycles. The summed E-state index contributed by atoms with van der Waals surface area (Å²) in [5.74, 6) is 2.19. The van der Waals surface area contributed by atoms with Crippen LogP contribution in [-0.4, -0.2) is 26.2 Å². The predicted octanol–water partition coefficient (Wildman–Crippen LogP) is 3.19. The number of ether oxygens (including phenoxy) is 1. The summed E-state index contributed by atoms with van der Waals surface area (Å²) in [6.07, 6.45) is 1.80. The first-order valence-corrected chi connectivity index (χ1v) is 6.93. The van der Waals surface area contributed by atoms with Crippen molar-refractivity contribution in [1.29, 1.82) is 0 Å². The first-order valence-electron chi connectivity index (χ1n) is 6.93. The maximum absolute atomic E-state index is 5.83. The zero-order chi connectivity index (χ0) is 14.8. The van der Waals surface area contributed by atoms with Crippen LogP contribution in [0, 0.1) is 5.92 Å². The van der Waals surface area contributed by atoms with Gasteiger partial charge in [0.25, 0.3) is 0 Å². The third-order valence-corrected chi connectivity index (χ3v) is 2.63. The molecule has 0 atom stereocenters. The second-order valence-electron chi connectivity index (χ2n) is 4.91. The van der Waals surface area contributed by atoms with E-state index in [9.17, 15) is 0 Å². The van der Waals surface area contributed by atoms with E-state index in [1.165, 1.54) is 0 Å². The molecule has 0 radical (unpaired) electrons. The fourth-order valence-corrected chi connectivity index (χ4v) is 1.62. The highest BCUT2D eigenvalue weighted by Gasteiger charge is 2.05. The number of hydrogen-bond donors (Lipinski definition) is 2. The monoisotopic (exact) mass is 403 g/mol. The number of guanidine groups is 1. The lowest BCUT2D eigenvalue weighted by Gasteiger charge is -2.15. The van der Waals surface area contributed by atoms with Crippen LogP contribution in [-0.2, 0) is 6.54 Å². The molecule has 0 saturated carbocycles. The second-order valence-corrected chi connectivity index (χ2v) is 4.91. The van der Waals surface area contributed by atoms with Gasteiger partial charge >= 0.3 is 0 Å². The van der Waals surface area contributed by atoms with E-state index in [-0.39, 0.29) is 24.0 Å². The third-order valence-electron chi connectivity index (χ3n) is 2.63. The maximum atomic E-state index is 5.83. The van der Waals surface area contributed by atoms with Crippen molar-refractivity contribution in [1.82, 2.24) is 10.6 Å². The molecule has 0 amide bonds. The van der Waals surface area contributed by atoms with Gasteiger partial charge in [-0.1, -0.05) is 38.1 Å². The molecule has 0 saturated heterocycles. The Morgan fingerprint density at radius 3 is 2.67 bits per heavy atom. The van der Waals surface area contributed by atoms with E-state index in [0.29, 0.717) is 19.0 Å². The number of halogens is 1. The summed E-state index contributed by atoms with van der Waals surface area (Å²) >= 11 is 0. The first kappa shape index (κ1) is 19.8. The fourth-order valence-electron chi connectivity index (χ4n) is 1.62. The summed E-state index contributed by atoms with van der Waals surface area (Å²) in [7, 11) is 1.75. The molecule has 4 nitrogen and oxygen atoms in total. The Morgan fingerprint density at radius 1 is 1.33 bits per heavy atom. The van der Waals surface area contributed by atoms with Gasteiger partial charge in [-0.3, -0.25) is 4.99 Å². The van der Waals surface area contributed by atoms with Gasteiger partial charge in [0.15, 0.2) is 5.96 Å². The van der Waals surface area contributed by atoms with Gasteiger partial charge in [-0.2, -0.15) is 0 Å². The lowest BCUT2D eigenvalue weighted by molar-refractivity contribution is 0.268. The molecule has 1 rings (SSSR count). The Labute approximate surface area is 145 Å². The van der Waals surface area contributed by atoms with Crippen molar-refractivity contribution in [3.63, 3.8) is 0 Å². The second kappa shape index (κ2) is 11.4. The summed E-state index contributed by atoms with van der Waals surface area (Å²) in [6, 6.07) is 8.06. The average molecular weight is 403 g/mol. The molecular formula is C16H26IN3O. The van der Waals surface area contributed by atoms with Gasteiger partial charge in [-0.15, -0.1) is 30.6 Å². The van der Waals surface area contributed by atoms with Crippen LogP contribution in [0.2, 0.25) is 0 Å². The fraction of sp³-hybridized carbons (Fsp3) is 0.438. The molecule has 0 aromatic heterocycles. The Bertz CT molecular complexity index is 447. The van der Waals surface area contributed by atoms with Crippen LogP contribution in [0.3, 0.4) is 0 Å². The van der Waals surface area contributed by atoms with Crippen LogP contribution < -0.4 is 15.4 Å². The Balaban J connectivity index is 0.00000400. The number of hydrogen-bond acceptors (Lipinski definition) is 2. The molecule has 0 spiro atoms. The first-order chi connectivity index (χ1) is 9.67. The number of para-hydroxylation sites is 1. The minimum absolute atomic E-state index is 0. The van der Waals surface area contributed by atoms with Crippen LogP contribution in [0.5, 0.6) is 5.75 Å². The number of rotatable bonds is 7. The van der Waals surface area contributed by atoms with Gasteiger partial charge in [-0.25, -0.2) is 0 Å². The molecule has 0 bridgehead atoms. The molecule has 0 fully saturated rings. The lowest BCUT2D eigenvalue weighted by Crippen LogP contribution is -2.36. The van der Waals surface area contributed by atoms with Crippen molar-refractivity contribution >= 4 is 29.9 Å². The minimum atomic E-state index is 0. The van der Waals surface area contributed by atoms with E-state index >= 15 is 0 Å². The predicted molar refractivity (Wildman–Crippen MR) is 101 cm³/mol. The minimum Gasteiger partial charge on any atom is -0.493 e. The van der Waals surface area contributed by atoms with Gasteiger partial charge in [0.1, 0.15) is 5.75 Å². The van der Waals surface area contributed by atoms with Crippen molar-refractivity contribution in [2.45, 2.75) is 20.4 Å². The zero-order valence-corrected chi connectivity index (χ0v) is 15.4. The van der Waals surface area contributed by atoms with E-state index in [0.717, 1.165) is 23.9 Å². The summed E-state index contributed by atoms with van der Waals surface area (Å²) in [6.45, 7) is 10.0. The molecule has 5 heteroatoms. The van der Waals surface area contributed by atoms with Gasteiger partial charge in [-0.05, 0) is 12.0 Å². The SMILES string of the molecule is C=CCNC(=NC)NCc1ccccc1OCC(C)C.I. The number of aliphatic imine (C=N–C) groups is 1. The van der Waals surface area contributed by atoms with E-state index in [4.69, 9.17) is 4.74 Å². The van der Waals surface area contributed by atoms with Crippen molar-refractivity contribution < 1.29 is 4.74 Å². The molecule has 1 aromatic rings. The smallest absolute Gasteiger partial charge is 0.191 e. The zero-order valence-electron chi connectivity index (χ0n) is 13.1. The van der Waals surface area contributed by atoms with Crippen molar-refractivity contribution in [2.75, 3.05) is 20.2 Å². The highest BCUT2D eigenvalue weighted by Crippen LogP contribution is 2.18. The quantitative estimate of drug-likeness (QED) is 0.318. The van der Waals surface area contributed by atoms with Crippen LogP contribution in [0.25, 0.3) is 0 Å². The highest BCUT2D eigenvalue weighted by molar-refractivity contribution is 14.0. The van der Waals surface area contributed by atoms with Crippen LogP contribution in [0.4, 0.5) is 0 Å². The van der Waals surface area contributed by atoms with Gasteiger partial charge < -0.3 is 15.4 Å². The topological polar surface area (TPSA) is 45.7 Å². The van der Waals surface area contributed by atoms with E-state index in [2.05, 4.69) is 42.1 Å². The van der Waals surface area contributed by atoms with Crippen molar-refractivity contribution in [3.8, 4) is 5.75 Å². The lowest BCUT2D eigenvalue weighted by atomic mass is 10.2. The van der Waals surface area contributed by atoms with E-state index in [1.54, 1.807) is 13.1 Å². The summed E-state index contributed by atoms with van der Waals surface area (Å²) in [5.41, 5.74) is 1.12. The normalized spacial score (nSPS) is 10.8. The standard InChI is InChI=1S/C16H25N3O.HI/c1-5-10-18-16(17-4)19-11-14-8-6-7-9-15(14)20-12-13(2)3;/h5-9,13H,1,10-12H2,2-4H3,(H2,17,18,19);1H. The van der Waals surface area contributed by atoms with Crippen molar-refractivity contribution in [3.05, 3.63) is 42.5 Å². The van der Waals surface area contributed by atoms with Gasteiger partial charge in [0.05, 0.1) is 6.61 Å². The molecular weight excluding hydrogens is 377 g/mol. The van der Waals surface area contributed by atoms with Crippen LogP contribution >= 0.6 is 24.0 Å². The van der Waals surface area contributed by atoms with Crippen molar-refractivity contribution in [2.24, 2.45) is 10.9 Å². The molecule has 0 heterocycles. The molecule has 0 aliphatic rings. The summed E-state index contributed by atoms with van der Waals surface area (Å²) < 4.78 is 5.83. The van der Waals surface area contributed by atoms with Gasteiger partial charge in [0, 0.05) is 25.7 Å². The maximum Gasteiger partial charge on any atom is 0.191 e. The third kappa shape index (κ3) is 7.94. The average Bonchev–Trinajstić information content (AvgIpc) is 2.46. The molecule has 0 aliphatic heterocycles. The van der Waals surface area contributed by atoms with Crippen LogP contribution in [0.15, 0.2) is 41.9 Å².